The van der Waals surface area contributed by atoms with Gasteiger partial charge in [-0.3, -0.25) is 5.32 Å². The van der Waals surface area contributed by atoms with Gasteiger partial charge in [-0.1, -0.05) is 28.1 Å². The number of rotatable bonds is 4. The molecule has 0 amide bonds. The van der Waals surface area contributed by atoms with Gasteiger partial charge in [-0.05, 0) is 37.0 Å². The molecule has 1 aliphatic carbocycles. The summed E-state index contributed by atoms with van der Waals surface area (Å²) in [5.41, 5.74) is 2.10. The zero-order chi connectivity index (χ0) is 12.4. The smallest absolute Gasteiger partial charge is 0.327 e. The highest BCUT2D eigenvalue weighted by molar-refractivity contribution is 9.10. The highest BCUT2D eigenvalue weighted by atomic mass is 79.9. The van der Waals surface area contributed by atoms with E-state index in [0.717, 1.165) is 28.4 Å². The van der Waals surface area contributed by atoms with Crippen LogP contribution in [0.5, 0.6) is 0 Å². The SMILES string of the molecule is COC(=O)C(NC1CC1)c1ccc(C)c(Br)c1. The lowest BCUT2D eigenvalue weighted by molar-refractivity contribution is -0.143. The predicted octanol–water partition coefficient (Wildman–Crippen LogP) is 2.72. The molecule has 0 heterocycles. The van der Waals surface area contributed by atoms with Crippen molar-refractivity contribution >= 4 is 21.9 Å². The third-order valence-electron chi connectivity index (χ3n) is 2.95. The molecule has 0 aromatic heterocycles. The maximum atomic E-state index is 11.8. The van der Waals surface area contributed by atoms with Gasteiger partial charge in [0.2, 0.25) is 0 Å². The van der Waals surface area contributed by atoms with Crippen LogP contribution in [0.1, 0.15) is 30.0 Å². The number of hydrogen-bond donors (Lipinski definition) is 1. The van der Waals surface area contributed by atoms with Gasteiger partial charge < -0.3 is 4.74 Å². The summed E-state index contributed by atoms with van der Waals surface area (Å²) in [5, 5.41) is 3.31. The zero-order valence-electron chi connectivity index (χ0n) is 10.00. The Balaban J connectivity index is 2.23. The first-order valence-corrected chi connectivity index (χ1v) is 6.51. The number of carbonyl (C=O) groups excluding carboxylic acids is 1. The highest BCUT2D eigenvalue weighted by Crippen LogP contribution is 2.27. The Kier molecular flexibility index (Phi) is 3.84. The molecule has 4 heteroatoms. The molecule has 1 unspecified atom stereocenters. The van der Waals surface area contributed by atoms with Crippen LogP contribution in [-0.4, -0.2) is 19.1 Å². The quantitative estimate of drug-likeness (QED) is 0.869. The number of halogens is 1. The van der Waals surface area contributed by atoms with Crippen LogP contribution < -0.4 is 5.32 Å². The summed E-state index contributed by atoms with van der Waals surface area (Å²) < 4.78 is 5.86. The van der Waals surface area contributed by atoms with Gasteiger partial charge in [0.25, 0.3) is 0 Å². The van der Waals surface area contributed by atoms with Crippen molar-refractivity contribution < 1.29 is 9.53 Å². The Hall–Kier alpha value is -0.870. The van der Waals surface area contributed by atoms with Gasteiger partial charge in [-0.25, -0.2) is 4.79 Å². The second-order valence-electron chi connectivity index (χ2n) is 4.41. The normalized spacial score (nSPS) is 16.6. The number of nitrogens with one attached hydrogen (secondary N) is 1. The predicted molar refractivity (Wildman–Crippen MR) is 69.8 cm³/mol. The summed E-state index contributed by atoms with van der Waals surface area (Å²) in [7, 11) is 1.42. The topological polar surface area (TPSA) is 38.3 Å². The standard InChI is InChI=1S/C13H16BrNO2/c1-8-3-4-9(7-11(8)14)12(13(16)17-2)15-10-5-6-10/h3-4,7,10,12,15H,5-6H2,1-2H3. The van der Waals surface area contributed by atoms with Crippen LogP contribution in [0.25, 0.3) is 0 Å². The third kappa shape index (κ3) is 3.07. The van der Waals surface area contributed by atoms with E-state index in [1.54, 1.807) is 0 Å². The zero-order valence-corrected chi connectivity index (χ0v) is 11.6. The molecule has 1 atom stereocenters. The number of hydrogen-bond acceptors (Lipinski definition) is 3. The molecule has 0 aliphatic heterocycles. The van der Waals surface area contributed by atoms with Crippen LogP contribution in [0.15, 0.2) is 22.7 Å². The van der Waals surface area contributed by atoms with Crippen LogP contribution in [0.4, 0.5) is 0 Å². The van der Waals surface area contributed by atoms with Gasteiger partial charge in [0, 0.05) is 10.5 Å². The van der Waals surface area contributed by atoms with Gasteiger partial charge in [-0.2, -0.15) is 0 Å². The minimum atomic E-state index is -0.357. The van der Waals surface area contributed by atoms with Crippen molar-refractivity contribution in [1.82, 2.24) is 5.32 Å². The number of ether oxygens (including phenoxy) is 1. The van der Waals surface area contributed by atoms with E-state index in [4.69, 9.17) is 4.74 Å². The lowest BCUT2D eigenvalue weighted by Gasteiger charge is -2.17. The first kappa shape index (κ1) is 12.6. The molecule has 2 rings (SSSR count). The molecule has 0 radical (unpaired) electrons. The van der Waals surface area contributed by atoms with E-state index in [-0.39, 0.29) is 12.0 Å². The van der Waals surface area contributed by atoms with Gasteiger partial charge in [0.1, 0.15) is 6.04 Å². The molecule has 17 heavy (non-hydrogen) atoms. The maximum Gasteiger partial charge on any atom is 0.327 e. The number of esters is 1. The van der Waals surface area contributed by atoms with Gasteiger partial charge in [0.05, 0.1) is 7.11 Å². The molecule has 1 aliphatic rings. The fourth-order valence-electron chi connectivity index (χ4n) is 1.69. The Morgan fingerprint density at radius 1 is 1.53 bits per heavy atom. The summed E-state index contributed by atoms with van der Waals surface area (Å²) in [5.74, 6) is -0.229. The van der Waals surface area contributed by atoms with Crippen LogP contribution >= 0.6 is 15.9 Å². The first-order valence-electron chi connectivity index (χ1n) is 5.71. The van der Waals surface area contributed by atoms with E-state index in [1.165, 1.54) is 7.11 Å². The van der Waals surface area contributed by atoms with Crippen LogP contribution in [0, 0.1) is 6.92 Å². The molecule has 1 saturated carbocycles. The van der Waals surface area contributed by atoms with Gasteiger partial charge >= 0.3 is 5.97 Å². The second-order valence-corrected chi connectivity index (χ2v) is 5.26. The van der Waals surface area contributed by atoms with Crippen molar-refractivity contribution in [2.75, 3.05) is 7.11 Å². The van der Waals surface area contributed by atoms with E-state index in [1.807, 2.05) is 25.1 Å². The summed E-state index contributed by atoms with van der Waals surface area (Å²) in [4.78, 5) is 11.8. The van der Waals surface area contributed by atoms with Crippen LogP contribution in [0.2, 0.25) is 0 Å². The van der Waals surface area contributed by atoms with E-state index >= 15 is 0 Å². The Labute approximate surface area is 110 Å². The van der Waals surface area contributed by atoms with Crippen LogP contribution in [-0.2, 0) is 9.53 Å². The molecule has 1 fully saturated rings. The van der Waals surface area contributed by atoms with Crippen molar-refractivity contribution in [2.45, 2.75) is 31.8 Å². The van der Waals surface area contributed by atoms with E-state index in [2.05, 4.69) is 21.2 Å². The Bertz CT molecular complexity index is 429. The monoisotopic (exact) mass is 297 g/mol. The minimum Gasteiger partial charge on any atom is -0.468 e. The van der Waals surface area contributed by atoms with Crippen molar-refractivity contribution in [3.63, 3.8) is 0 Å². The van der Waals surface area contributed by atoms with E-state index in [9.17, 15) is 4.79 Å². The van der Waals surface area contributed by atoms with E-state index in [0.29, 0.717) is 6.04 Å². The molecule has 0 saturated heterocycles. The Morgan fingerprint density at radius 3 is 2.76 bits per heavy atom. The summed E-state index contributed by atoms with van der Waals surface area (Å²) in [6.07, 6.45) is 2.28. The molecule has 0 bridgehead atoms. The van der Waals surface area contributed by atoms with Gasteiger partial charge in [0.15, 0.2) is 0 Å². The number of benzene rings is 1. The molecular weight excluding hydrogens is 282 g/mol. The van der Waals surface area contributed by atoms with Crippen molar-refractivity contribution in [1.29, 1.82) is 0 Å². The molecule has 92 valence electrons. The summed E-state index contributed by atoms with van der Waals surface area (Å²) in [6.45, 7) is 2.02. The molecule has 1 N–H and O–H groups in total. The number of methoxy groups -OCH3 is 1. The average molecular weight is 298 g/mol. The van der Waals surface area contributed by atoms with Gasteiger partial charge in [-0.15, -0.1) is 0 Å². The highest BCUT2D eigenvalue weighted by Gasteiger charge is 2.30. The molecular formula is C13H16BrNO2. The number of carbonyl (C=O) groups is 1. The van der Waals surface area contributed by atoms with Crippen molar-refractivity contribution in [2.24, 2.45) is 0 Å². The lowest BCUT2D eigenvalue weighted by atomic mass is 10.1. The maximum absolute atomic E-state index is 11.8. The first-order chi connectivity index (χ1) is 8.11. The van der Waals surface area contributed by atoms with Crippen molar-refractivity contribution in [3.8, 4) is 0 Å². The Morgan fingerprint density at radius 2 is 2.24 bits per heavy atom. The van der Waals surface area contributed by atoms with E-state index < -0.39 is 0 Å². The largest absolute Gasteiger partial charge is 0.468 e. The summed E-state index contributed by atoms with van der Waals surface area (Å²) in [6, 6.07) is 6.05. The fraction of sp³-hybridized carbons (Fsp3) is 0.462. The van der Waals surface area contributed by atoms with Crippen molar-refractivity contribution in [3.05, 3.63) is 33.8 Å². The molecule has 1 aromatic carbocycles. The minimum absolute atomic E-state index is 0.229. The summed E-state index contributed by atoms with van der Waals surface area (Å²) >= 11 is 3.49. The fourth-order valence-corrected chi connectivity index (χ4v) is 2.09. The second kappa shape index (κ2) is 5.19. The average Bonchev–Trinajstić information content (AvgIpc) is 3.13. The third-order valence-corrected chi connectivity index (χ3v) is 3.80. The van der Waals surface area contributed by atoms with Crippen LogP contribution in [0.3, 0.4) is 0 Å². The molecule has 0 spiro atoms. The molecule has 1 aromatic rings. The number of aryl methyl sites for hydroxylation is 1. The molecule has 3 nitrogen and oxygen atoms in total. The lowest BCUT2D eigenvalue weighted by Crippen LogP contribution is -2.31.